The Morgan fingerprint density at radius 2 is 1.94 bits per heavy atom. The molecule has 2 fully saturated rings. The van der Waals surface area contributed by atoms with Gasteiger partial charge in [-0.05, 0) is 79.3 Å². The van der Waals surface area contributed by atoms with Gasteiger partial charge in [0.05, 0.1) is 5.03 Å². The molecule has 2 bridgehead atoms. The van der Waals surface area contributed by atoms with Crippen LogP contribution in [0.1, 0.15) is 41.2 Å². The molecular formula is C26H25ClN2O2S2. The number of anilines is 1. The molecule has 0 unspecified atom stereocenters. The summed E-state index contributed by atoms with van der Waals surface area (Å²) in [6.07, 6.45) is 3.86. The minimum atomic E-state index is -0.165. The number of carbonyl (C=O) groups is 1. The average Bonchev–Trinajstić information content (AvgIpc) is 3.48. The Balaban J connectivity index is 1.37. The van der Waals surface area contributed by atoms with E-state index in [4.69, 9.17) is 11.6 Å². The third-order valence-corrected chi connectivity index (χ3v) is 10.6. The Bertz CT molecular complexity index is 1280. The van der Waals surface area contributed by atoms with Gasteiger partial charge >= 0.3 is 4.87 Å². The van der Waals surface area contributed by atoms with Gasteiger partial charge in [-0.1, -0.05) is 47.2 Å². The molecule has 5 atom stereocenters. The highest BCUT2D eigenvalue weighted by molar-refractivity contribution is 8.00. The SMILES string of the molecule is Cc1cccc(NC(=O)Cn2c3c(sc2=O)[C@H](c2ccc(Cl)cc2)[C@@H]2[C@@H]4CC[C@@H](C4)[C@@H]2S3)c1. The second-order valence-electron chi connectivity index (χ2n) is 9.56. The lowest BCUT2D eigenvalue weighted by molar-refractivity contribution is -0.116. The van der Waals surface area contributed by atoms with Gasteiger partial charge in [0.15, 0.2) is 0 Å². The summed E-state index contributed by atoms with van der Waals surface area (Å²) in [5.41, 5.74) is 3.08. The summed E-state index contributed by atoms with van der Waals surface area (Å²) in [5, 5.41) is 5.20. The van der Waals surface area contributed by atoms with Gasteiger partial charge in [0.25, 0.3) is 0 Å². The molecule has 1 N–H and O–H groups in total. The number of carbonyl (C=O) groups excluding carboxylic acids is 1. The lowest BCUT2D eigenvalue weighted by Gasteiger charge is -2.40. The maximum Gasteiger partial charge on any atom is 0.308 e. The molecule has 2 aromatic carbocycles. The predicted octanol–water partition coefficient (Wildman–Crippen LogP) is 6.16. The van der Waals surface area contributed by atoms with Gasteiger partial charge in [0, 0.05) is 26.8 Å². The maximum absolute atomic E-state index is 13.1. The van der Waals surface area contributed by atoms with E-state index in [2.05, 4.69) is 17.4 Å². The van der Waals surface area contributed by atoms with Crippen LogP contribution in [0.4, 0.5) is 5.69 Å². The van der Waals surface area contributed by atoms with Crippen molar-refractivity contribution in [2.24, 2.45) is 17.8 Å². The number of fused-ring (bicyclic) bond motifs is 6. The molecule has 1 amide bonds. The number of nitrogens with one attached hydrogen (secondary N) is 1. The normalized spacial score (nSPS) is 27.3. The molecule has 33 heavy (non-hydrogen) atoms. The average molecular weight is 497 g/mol. The van der Waals surface area contributed by atoms with Crippen LogP contribution in [0.15, 0.2) is 58.4 Å². The Morgan fingerprint density at radius 1 is 1.15 bits per heavy atom. The van der Waals surface area contributed by atoms with Crippen LogP contribution in [0.5, 0.6) is 0 Å². The van der Waals surface area contributed by atoms with Crippen molar-refractivity contribution in [3.05, 3.63) is 79.2 Å². The minimum absolute atomic E-state index is 0.0434. The van der Waals surface area contributed by atoms with Crippen molar-refractivity contribution in [3.63, 3.8) is 0 Å². The second kappa shape index (κ2) is 8.33. The van der Waals surface area contributed by atoms with Crippen molar-refractivity contribution < 1.29 is 4.79 Å². The summed E-state index contributed by atoms with van der Waals surface area (Å²) in [7, 11) is 0. The molecule has 6 rings (SSSR count). The fraction of sp³-hybridized carbons (Fsp3) is 0.385. The van der Waals surface area contributed by atoms with E-state index in [0.717, 1.165) is 32.1 Å². The van der Waals surface area contributed by atoms with Gasteiger partial charge in [-0.2, -0.15) is 0 Å². The van der Waals surface area contributed by atoms with Gasteiger partial charge in [0.1, 0.15) is 6.54 Å². The number of nitrogens with zero attached hydrogens (tertiary/aromatic N) is 1. The van der Waals surface area contributed by atoms with Gasteiger partial charge < -0.3 is 5.32 Å². The van der Waals surface area contributed by atoms with Crippen molar-refractivity contribution in [1.29, 1.82) is 0 Å². The Labute approximate surface area is 206 Å². The van der Waals surface area contributed by atoms with Gasteiger partial charge in [-0.15, -0.1) is 11.8 Å². The highest BCUT2D eigenvalue weighted by Gasteiger charge is 2.55. The van der Waals surface area contributed by atoms with Crippen molar-refractivity contribution in [2.75, 3.05) is 5.32 Å². The number of hydrogen-bond donors (Lipinski definition) is 1. The van der Waals surface area contributed by atoms with Crippen LogP contribution >= 0.6 is 34.7 Å². The first kappa shape index (κ1) is 21.5. The summed E-state index contributed by atoms with van der Waals surface area (Å²) >= 11 is 9.37. The van der Waals surface area contributed by atoms with E-state index in [1.165, 1.54) is 36.2 Å². The molecule has 0 spiro atoms. The molecule has 0 radical (unpaired) electrons. The molecule has 2 saturated carbocycles. The predicted molar refractivity (Wildman–Crippen MR) is 136 cm³/mol. The summed E-state index contributed by atoms with van der Waals surface area (Å²) in [6.45, 7) is 2.04. The van der Waals surface area contributed by atoms with Crippen LogP contribution in [0.3, 0.4) is 0 Å². The number of rotatable bonds is 4. The van der Waals surface area contributed by atoms with Crippen LogP contribution in [0.2, 0.25) is 5.02 Å². The molecule has 1 aromatic heterocycles. The topological polar surface area (TPSA) is 51.1 Å². The largest absolute Gasteiger partial charge is 0.325 e. The zero-order valence-electron chi connectivity index (χ0n) is 18.3. The molecule has 0 saturated heterocycles. The second-order valence-corrected chi connectivity index (χ2v) is 12.2. The van der Waals surface area contributed by atoms with Gasteiger partial charge in [-0.25, -0.2) is 0 Å². The smallest absolute Gasteiger partial charge is 0.308 e. The lowest BCUT2D eigenvalue weighted by Crippen LogP contribution is -2.34. The fourth-order valence-corrected chi connectivity index (χ4v) is 9.47. The highest BCUT2D eigenvalue weighted by Crippen LogP contribution is 2.64. The van der Waals surface area contributed by atoms with E-state index in [1.54, 1.807) is 4.57 Å². The molecular weight excluding hydrogens is 472 g/mol. The number of hydrogen-bond acceptors (Lipinski definition) is 4. The van der Waals surface area contributed by atoms with E-state index in [1.807, 2.05) is 55.1 Å². The lowest BCUT2D eigenvalue weighted by atomic mass is 9.75. The number of aryl methyl sites for hydroxylation is 1. The minimum Gasteiger partial charge on any atom is -0.325 e. The van der Waals surface area contributed by atoms with E-state index < -0.39 is 0 Å². The summed E-state index contributed by atoms with van der Waals surface area (Å²) in [6, 6.07) is 15.9. The monoisotopic (exact) mass is 496 g/mol. The molecule has 3 aromatic rings. The van der Waals surface area contributed by atoms with Crippen molar-refractivity contribution >= 4 is 46.3 Å². The number of aromatic nitrogens is 1. The standard InChI is InChI=1S/C26H25ClN2O2S2/c1-14-3-2-4-19(11-14)28-20(30)13-29-25-24(33-26(29)31)21(15-7-9-18(27)10-8-15)22-16-5-6-17(12-16)23(22)32-25/h2-4,7-11,16-17,21-23H,5-6,12-13H2,1H3,(H,28,30)/t16-,17+,21-,22+,23+/m1/s1. The molecule has 170 valence electrons. The van der Waals surface area contributed by atoms with Crippen LogP contribution in [0.25, 0.3) is 0 Å². The van der Waals surface area contributed by atoms with Crippen LogP contribution in [-0.2, 0) is 11.3 Å². The third-order valence-electron chi connectivity index (χ3n) is 7.52. The molecule has 2 heterocycles. The van der Waals surface area contributed by atoms with E-state index >= 15 is 0 Å². The van der Waals surface area contributed by atoms with E-state index in [0.29, 0.717) is 17.1 Å². The number of thiazole rings is 1. The number of benzene rings is 2. The Morgan fingerprint density at radius 3 is 2.73 bits per heavy atom. The van der Waals surface area contributed by atoms with Crippen LogP contribution in [-0.4, -0.2) is 15.7 Å². The van der Waals surface area contributed by atoms with E-state index in [9.17, 15) is 9.59 Å². The Kier molecular flexibility index (Phi) is 5.43. The fourth-order valence-electron chi connectivity index (χ4n) is 6.20. The summed E-state index contributed by atoms with van der Waals surface area (Å²) in [5.74, 6) is 2.02. The zero-order valence-corrected chi connectivity index (χ0v) is 20.7. The first-order chi connectivity index (χ1) is 16.0. The third kappa shape index (κ3) is 3.76. The highest BCUT2D eigenvalue weighted by atomic mass is 35.5. The first-order valence-electron chi connectivity index (χ1n) is 11.5. The van der Waals surface area contributed by atoms with Gasteiger partial charge in [-0.3, -0.25) is 14.2 Å². The number of halogens is 1. The number of amides is 1. The Hall–Kier alpha value is -2.02. The van der Waals surface area contributed by atoms with Crippen molar-refractivity contribution in [2.45, 2.75) is 48.9 Å². The number of thioether (sulfide) groups is 1. The quantitative estimate of drug-likeness (QED) is 0.470. The first-order valence-corrected chi connectivity index (χ1v) is 13.6. The van der Waals surface area contributed by atoms with Crippen LogP contribution in [0, 0.1) is 24.7 Å². The molecule has 1 aliphatic heterocycles. The zero-order chi connectivity index (χ0) is 22.7. The molecule has 2 aliphatic carbocycles. The summed E-state index contributed by atoms with van der Waals surface area (Å²) in [4.78, 5) is 27.1. The summed E-state index contributed by atoms with van der Waals surface area (Å²) < 4.78 is 1.71. The van der Waals surface area contributed by atoms with Crippen molar-refractivity contribution in [3.8, 4) is 0 Å². The molecule has 7 heteroatoms. The molecule has 3 aliphatic rings. The van der Waals surface area contributed by atoms with Crippen LogP contribution < -0.4 is 10.2 Å². The molecule has 4 nitrogen and oxygen atoms in total. The van der Waals surface area contributed by atoms with Gasteiger partial charge in [0.2, 0.25) is 5.91 Å². The van der Waals surface area contributed by atoms with Crippen molar-refractivity contribution in [1.82, 2.24) is 4.57 Å². The van der Waals surface area contributed by atoms with E-state index in [-0.39, 0.29) is 23.2 Å². The maximum atomic E-state index is 13.1.